The van der Waals surface area contributed by atoms with Crippen LogP contribution in [0, 0.1) is 5.82 Å². The second-order valence-corrected chi connectivity index (χ2v) is 6.08. The minimum Gasteiger partial charge on any atom is -0.489 e. The van der Waals surface area contributed by atoms with Crippen LogP contribution in [0.15, 0.2) is 12.1 Å². The molecule has 0 aromatic heterocycles. The van der Waals surface area contributed by atoms with Crippen LogP contribution in [0.3, 0.4) is 0 Å². The highest BCUT2D eigenvalue weighted by molar-refractivity contribution is 5.90. The van der Waals surface area contributed by atoms with E-state index in [0.717, 1.165) is 25.8 Å². The summed E-state index contributed by atoms with van der Waals surface area (Å²) in [6.07, 6.45) is 3.61. The third-order valence-corrected chi connectivity index (χ3v) is 4.67. The van der Waals surface area contributed by atoms with E-state index in [1.807, 2.05) is 0 Å². The molecule has 0 amide bonds. The van der Waals surface area contributed by atoms with E-state index >= 15 is 0 Å². The first-order chi connectivity index (χ1) is 11.0. The van der Waals surface area contributed by atoms with E-state index in [1.165, 1.54) is 12.1 Å². The number of ether oxygens (including phenoxy) is 1. The Kier molecular flexibility index (Phi) is 5.99. The van der Waals surface area contributed by atoms with Crippen molar-refractivity contribution in [2.45, 2.75) is 58.5 Å². The first-order valence-electron chi connectivity index (χ1n) is 8.46. The molecule has 1 N–H and O–H groups in total. The third-order valence-electron chi connectivity index (χ3n) is 4.67. The molecule has 1 aromatic carbocycles. The highest BCUT2D eigenvalue weighted by atomic mass is 19.1. The first kappa shape index (κ1) is 17.7. The van der Waals surface area contributed by atoms with Crippen LogP contribution in [0.5, 0.6) is 5.75 Å². The Morgan fingerprint density at radius 1 is 1.39 bits per heavy atom. The standard InChI is InChI=1S/C18H26FNO3/c1-4-9-20(12(5-2)6-3)13-10-15-14(18(21)22)7-8-16(19)17(15)23-11-13/h7-8,12-13H,4-6,9-11H2,1-3H3,(H,21,22). The van der Waals surface area contributed by atoms with Crippen LogP contribution in [-0.4, -0.2) is 41.2 Å². The lowest BCUT2D eigenvalue weighted by molar-refractivity contribution is 0.0661. The van der Waals surface area contributed by atoms with Crippen LogP contribution in [0.1, 0.15) is 56.0 Å². The number of carboxylic acids is 1. The lowest BCUT2D eigenvalue weighted by atomic mass is 9.94. The number of hydrogen-bond acceptors (Lipinski definition) is 3. The van der Waals surface area contributed by atoms with Crippen LogP contribution in [-0.2, 0) is 6.42 Å². The van der Waals surface area contributed by atoms with Gasteiger partial charge in [0.05, 0.1) is 5.56 Å². The van der Waals surface area contributed by atoms with Gasteiger partial charge in [0.15, 0.2) is 11.6 Å². The molecule has 0 fully saturated rings. The lowest BCUT2D eigenvalue weighted by Gasteiger charge is -2.40. The molecule has 0 aliphatic carbocycles. The fourth-order valence-electron chi connectivity index (χ4n) is 3.52. The van der Waals surface area contributed by atoms with E-state index in [9.17, 15) is 14.3 Å². The highest BCUT2D eigenvalue weighted by Crippen LogP contribution is 2.33. The zero-order valence-corrected chi connectivity index (χ0v) is 14.1. The maximum Gasteiger partial charge on any atom is 0.336 e. The van der Waals surface area contributed by atoms with Crippen molar-refractivity contribution in [1.29, 1.82) is 0 Å². The van der Waals surface area contributed by atoms with Crippen molar-refractivity contribution in [3.05, 3.63) is 29.1 Å². The molecule has 1 unspecified atom stereocenters. The summed E-state index contributed by atoms with van der Waals surface area (Å²) in [6.45, 7) is 7.81. The molecule has 1 aromatic rings. The number of hydrogen-bond donors (Lipinski definition) is 1. The number of aromatic carboxylic acids is 1. The summed E-state index contributed by atoms with van der Waals surface area (Å²) >= 11 is 0. The maximum atomic E-state index is 14.0. The molecule has 0 radical (unpaired) electrons. The van der Waals surface area contributed by atoms with Crippen molar-refractivity contribution in [3.8, 4) is 5.75 Å². The average molecular weight is 323 g/mol. The van der Waals surface area contributed by atoms with Gasteiger partial charge in [0.2, 0.25) is 0 Å². The molecule has 0 saturated heterocycles. The molecule has 23 heavy (non-hydrogen) atoms. The number of carboxylic acid groups (broad SMARTS) is 1. The van der Waals surface area contributed by atoms with Crippen LogP contribution in [0.4, 0.5) is 4.39 Å². The van der Waals surface area contributed by atoms with Crippen molar-refractivity contribution >= 4 is 5.97 Å². The topological polar surface area (TPSA) is 49.8 Å². The summed E-state index contributed by atoms with van der Waals surface area (Å²) in [5.41, 5.74) is 0.632. The Labute approximate surface area is 137 Å². The Morgan fingerprint density at radius 3 is 2.65 bits per heavy atom. The van der Waals surface area contributed by atoms with Gasteiger partial charge in [0, 0.05) is 17.6 Å². The Bertz CT molecular complexity index is 557. The van der Waals surface area contributed by atoms with Crippen LogP contribution < -0.4 is 4.74 Å². The van der Waals surface area contributed by atoms with E-state index in [0.29, 0.717) is 24.6 Å². The van der Waals surface area contributed by atoms with Gasteiger partial charge in [0.25, 0.3) is 0 Å². The molecule has 0 spiro atoms. The quantitative estimate of drug-likeness (QED) is 0.831. The van der Waals surface area contributed by atoms with Crippen molar-refractivity contribution in [2.75, 3.05) is 13.2 Å². The molecule has 2 rings (SSSR count). The summed E-state index contributed by atoms with van der Waals surface area (Å²) in [5, 5.41) is 9.37. The Balaban J connectivity index is 2.33. The van der Waals surface area contributed by atoms with E-state index in [4.69, 9.17) is 4.74 Å². The van der Waals surface area contributed by atoms with E-state index in [2.05, 4.69) is 25.7 Å². The number of nitrogens with zero attached hydrogens (tertiary/aromatic N) is 1. The zero-order valence-electron chi connectivity index (χ0n) is 14.1. The van der Waals surface area contributed by atoms with Gasteiger partial charge in [-0.05, 0) is 44.4 Å². The fourth-order valence-corrected chi connectivity index (χ4v) is 3.52. The molecule has 1 aliphatic heterocycles. The van der Waals surface area contributed by atoms with E-state index in [-0.39, 0.29) is 17.4 Å². The lowest BCUT2D eigenvalue weighted by Crippen LogP contribution is -2.49. The van der Waals surface area contributed by atoms with Crippen molar-refractivity contribution in [1.82, 2.24) is 4.90 Å². The zero-order chi connectivity index (χ0) is 17.0. The Hall–Kier alpha value is -1.62. The van der Waals surface area contributed by atoms with Crippen molar-refractivity contribution in [2.24, 2.45) is 0 Å². The van der Waals surface area contributed by atoms with Crippen molar-refractivity contribution < 1.29 is 19.0 Å². The number of carbonyl (C=O) groups is 1. The molecule has 1 heterocycles. The highest BCUT2D eigenvalue weighted by Gasteiger charge is 2.32. The number of rotatable bonds is 7. The summed E-state index contributed by atoms with van der Waals surface area (Å²) in [7, 11) is 0. The average Bonchev–Trinajstić information content (AvgIpc) is 2.54. The van der Waals surface area contributed by atoms with Gasteiger partial charge in [-0.1, -0.05) is 20.8 Å². The Morgan fingerprint density at radius 2 is 2.09 bits per heavy atom. The summed E-state index contributed by atoms with van der Waals surface area (Å²) in [4.78, 5) is 13.8. The largest absolute Gasteiger partial charge is 0.489 e. The van der Waals surface area contributed by atoms with Gasteiger partial charge in [0.1, 0.15) is 6.61 Å². The molecular weight excluding hydrogens is 297 g/mol. The van der Waals surface area contributed by atoms with E-state index in [1.54, 1.807) is 0 Å². The molecule has 1 atom stereocenters. The number of fused-ring (bicyclic) bond motifs is 1. The van der Waals surface area contributed by atoms with Crippen LogP contribution in [0.25, 0.3) is 0 Å². The minimum absolute atomic E-state index is 0.0900. The third kappa shape index (κ3) is 3.66. The fraction of sp³-hybridized carbons (Fsp3) is 0.611. The summed E-state index contributed by atoms with van der Waals surface area (Å²) in [6, 6.07) is 3.04. The second-order valence-electron chi connectivity index (χ2n) is 6.08. The smallest absolute Gasteiger partial charge is 0.336 e. The molecule has 5 heteroatoms. The predicted octanol–water partition coefficient (Wildman–Crippen LogP) is 3.73. The maximum absolute atomic E-state index is 14.0. The normalized spacial score (nSPS) is 17.2. The molecule has 1 aliphatic rings. The van der Waals surface area contributed by atoms with Gasteiger partial charge in [-0.2, -0.15) is 0 Å². The SMILES string of the molecule is CCCN(C(CC)CC)C1COc2c(F)ccc(C(=O)O)c2C1. The van der Waals surface area contributed by atoms with Gasteiger partial charge in [-0.25, -0.2) is 9.18 Å². The van der Waals surface area contributed by atoms with Crippen molar-refractivity contribution in [3.63, 3.8) is 0 Å². The molecule has 0 bridgehead atoms. The number of halogens is 1. The summed E-state index contributed by atoms with van der Waals surface area (Å²) in [5.74, 6) is -1.40. The minimum atomic E-state index is -1.03. The molecule has 128 valence electrons. The number of benzene rings is 1. The van der Waals surface area contributed by atoms with Crippen LogP contribution >= 0.6 is 0 Å². The van der Waals surface area contributed by atoms with Crippen LogP contribution in [0.2, 0.25) is 0 Å². The summed E-state index contributed by atoms with van der Waals surface area (Å²) < 4.78 is 19.6. The van der Waals surface area contributed by atoms with Gasteiger partial charge in [-0.3, -0.25) is 4.90 Å². The van der Waals surface area contributed by atoms with Gasteiger partial charge < -0.3 is 9.84 Å². The first-order valence-corrected chi connectivity index (χ1v) is 8.46. The molecule has 4 nitrogen and oxygen atoms in total. The predicted molar refractivity (Wildman–Crippen MR) is 87.7 cm³/mol. The second kappa shape index (κ2) is 7.77. The molecular formula is C18H26FNO3. The molecule has 0 saturated carbocycles. The van der Waals surface area contributed by atoms with Gasteiger partial charge in [-0.15, -0.1) is 0 Å². The monoisotopic (exact) mass is 323 g/mol. The van der Waals surface area contributed by atoms with Gasteiger partial charge >= 0.3 is 5.97 Å². The van der Waals surface area contributed by atoms with E-state index < -0.39 is 11.8 Å².